The highest BCUT2D eigenvalue weighted by molar-refractivity contribution is 5.97. The van der Waals surface area contributed by atoms with Crippen LogP contribution in [-0.4, -0.2) is 52.8 Å². The smallest absolute Gasteiger partial charge is 0.376 e. The summed E-state index contributed by atoms with van der Waals surface area (Å²) in [5.41, 5.74) is -0.246. The standard InChI is InChI=1S/C16H18F3N3O3/c1-21(8-11-3-2-6-25-11)14(23)10-4-5-13-12(7-10)20-15(24)22(13)9-16(17,18)19/h4-5,7,11H,2-3,6,8-9H2,1H3,(H,20,24). The highest BCUT2D eigenvalue weighted by atomic mass is 19.4. The third kappa shape index (κ3) is 3.87. The van der Waals surface area contributed by atoms with E-state index in [1.165, 1.54) is 23.1 Å². The second-order valence-electron chi connectivity index (χ2n) is 6.18. The SMILES string of the molecule is CN(CC1CCCO1)C(=O)c1ccc2c(c1)[nH]c(=O)n2CC(F)(F)F. The fourth-order valence-corrected chi connectivity index (χ4v) is 3.03. The minimum absolute atomic E-state index is 0.00496. The number of H-pyrrole nitrogens is 1. The normalized spacial score (nSPS) is 18.0. The van der Waals surface area contributed by atoms with Crippen molar-refractivity contribution in [2.45, 2.75) is 31.7 Å². The molecule has 1 atom stereocenters. The van der Waals surface area contributed by atoms with Gasteiger partial charge in [-0.3, -0.25) is 9.36 Å². The Balaban J connectivity index is 1.83. The zero-order valence-corrected chi connectivity index (χ0v) is 13.6. The van der Waals surface area contributed by atoms with E-state index in [0.717, 1.165) is 12.8 Å². The molecule has 1 fully saturated rings. The maximum atomic E-state index is 12.6. The lowest BCUT2D eigenvalue weighted by Gasteiger charge is -2.20. The second kappa shape index (κ2) is 6.55. The maximum Gasteiger partial charge on any atom is 0.406 e. The van der Waals surface area contributed by atoms with Crippen LogP contribution in [0.3, 0.4) is 0 Å². The zero-order chi connectivity index (χ0) is 18.2. The molecule has 1 aliphatic rings. The third-order valence-corrected chi connectivity index (χ3v) is 4.21. The number of likely N-dealkylation sites (N-methyl/N-ethyl adjacent to an activating group) is 1. The van der Waals surface area contributed by atoms with E-state index in [9.17, 15) is 22.8 Å². The van der Waals surface area contributed by atoms with Crippen molar-refractivity contribution in [1.82, 2.24) is 14.5 Å². The van der Waals surface area contributed by atoms with Crippen LogP contribution in [0.4, 0.5) is 13.2 Å². The summed E-state index contributed by atoms with van der Waals surface area (Å²) < 4.78 is 43.9. The predicted molar refractivity (Wildman–Crippen MR) is 84.5 cm³/mol. The van der Waals surface area contributed by atoms with Gasteiger partial charge in [-0.15, -0.1) is 0 Å². The molecule has 1 aromatic heterocycles. The molecule has 2 aromatic rings. The maximum absolute atomic E-state index is 12.6. The van der Waals surface area contributed by atoms with Gasteiger partial charge in [0, 0.05) is 25.8 Å². The zero-order valence-electron chi connectivity index (χ0n) is 13.6. The fourth-order valence-electron chi connectivity index (χ4n) is 3.03. The molecule has 6 nitrogen and oxygen atoms in total. The molecular weight excluding hydrogens is 339 g/mol. The van der Waals surface area contributed by atoms with Crippen LogP contribution < -0.4 is 5.69 Å². The Morgan fingerprint density at radius 3 is 2.84 bits per heavy atom. The minimum Gasteiger partial charge on any atom is -0.376 e. The van der Waals surface area contributed by atoms with Crippen LogP contribution in [0, 0.1) is 0 Å². The summed E-state index contributed by atoms with van der Waals surface area (Å²) in [5, 5.41) is 0. The topological polar surface area (TPSA) is 67.3 Å². The number of fused-ring (bicyclic) bond motifs is 1. The molecule has 0 aliphatic carbocycles. The Morgan fingerprint density at radius 2 is 2.20 bits per heavy atom. The van der Waals surface area contributed by atoms with Crippen LogP contribution in [0.1, 0.15) is 23.2 Å². The number of alkyl halides is 3. The number of ether oxygens (including phenoxy) is 1. The summed E-state index contributed by atoms with van der Waals surface area (Å²) in [6.45, 7) is -0.243. The molecule has 9 heteroatoms. The lowest BCUT2D eigenvalue weighted by atomic mass is 10.1. The molecule has 1 aliphatic heterocycles. The van der Waals surface area contributed by atoms with Crippen LogP contribution in [0.15, 0.2) is 23.0 Å². The molecule has 1 N–H and O–H groups in total. The molecule has 1 unspecified atom stereocenters. The van der Waals surface area contributed by atoms with E-state index in [1.54, 1.807) is 7.05 Å². The third-order valence-electron chi connectivity index (χ3n) is 4.21. The number of nitrogens with one attached hydrogen (secondary N) is 1. The van der Waals surface area contributed by atoms with Crippen LogP contribution in [0.25, 0.3) is 11.0 Å². The van der Waals surface area contributed by atoms with Gasteiger partial charge in [-0.05, 0) is 31.0 Å². The molecule has 0 saturated carbocycles. The van der Waals surface area contributed by atoms with Crippen LogP contribution in [0.5, 0.6) is 0 Å². The lowest BCUT2D eigenvalue weighted by Crippen LogP contribution is -2.34. The van der Waals surface area contributed by atoms with Crippen molar-refractivity contribution >= 4 is 16.9 Å². The van der Waals surface area contributed by atoms with E-state index in [2.05, 4.69) is 4.98 Å². The van der Waals surface area contributed by atoms with Crippen molar-refractivity contribution < 1.29 is 22.7 Å². The van der Waals surface area contributed by atoms with Crippen molar-refractivity contribution in [3.05, 3.63) is 34.2 Å². The minimum atomic E-state index is -4.51. The number of imidazole rings is 1. The Kier molecular flexibility index (Phi) is 4.59. The Bertz CT molecular complexity index is 834. The van der Waals surface area contributed by atoms with E-state index in [1.807, 2.05) is 0 Å². The number of rotatable bonds is 4. The van der Waals surface area contributed by atoms with Crippen LogP contribution in [0.2, 0.25) is 0 Å². The highest BCUT2D eigenvalue weighted by Crippen LogP contribution is 2.21. The molecule has 0 radical (unpaired) electrons. The molecule has 1 aromatic carbocycles. The average Bonchev–Trinajstić information content (AvgIpc) is 3.13. The molecular formula is C16H18F3N3O3. The Morgan fingerprint density at radius 1 is 1.44 bits per heavy atom. The summed E-state index contributed by atoms with van der Waals surface area (Å²) in [5.74, 6) is -0.276. The van der Waals surface area contributed by atoms with Crippen molar-refractivity contribution in [3.63, 3.8) is 0 Å². The van der Waals surface area contributed by atoms with Gasteiger partial charge in [0.1, 0.15) is 6.54 Å². The van der Waals surface area contributed by atoms with Gasteiger partial charge in [0.15, 0.2) is 0 Å². The van der Waals surface area contributed by atoms with Crippen molar-refractivity contribution in [1.29, 1.82) is 0 Å². The number of nitrogens with zero attached hydrogens (tertiary/aromatic N) is 2. The van der Waals surface area contributed by atoms with Crippen LogP contribution in [-0.2, 0) is 11.3 Å². The quantitative estimate of drug-likeness (QED) is 0.912. The van der Waals surface area contributed by atoms with Gasteiger partial charge in [-0.25, -0.2) is 4.79 Å². The number of aromatic nitrogens is 2. The molecule has 1 amide bonds. The number of carbonyl (C=O) groups excluding carboxylic acids is 1. The van der Waals surface area contributed by atoms with Crippen molar-refractivity contribution in [3.8, 4) is 0 Å². The largest absolute Gasteiger partial charge is 0.406 e. The van der Waals surface area contributed by atoms with Gasteiger partial charge in [0.05, 0.1) is 17.1 Å². The van der Waals surface area contributed by atoms with E-state index >= 15 is 0 Å². The number of carbonyl (C=O) groups is 1. The highest BCUT2D eigenvalue weighted by Gasteiger charge is 2.30. The first-order valence-electron chi connectivity index (χ1n) is 7.91. The van der Waals surface area contributed by atoms with Gasteiger partial charge in [-0.2, -0.15) is 13.2 Å². The lowest BCUT2D eigenvalue weighted by molar-refractivity contribution is -0.140. The first kappa shape index (κ1) is 17.5. The van der Waals surface area contributed by atoms with E-state index in [-0.39, 0.29) is 23.0 Å². The van der Waals surface area contributed by atoms with Gasteiger partial charge < -0.3 is 14.6 Å². The van der Waals surface area contributed by atoms with Gasteiger partial charge in [0.2, 0.25) is 0 Å². The summed E-state index contributed by atoms with van der Waals surface area (Å²) in [7, 11) is 1.64. The monoisotopic (exact) mass is 357 g/mol. The first-order valence-corrected chi connectivity index (χ1v) is 7.91. The van der Waals surface area contributed by atoms with Gasteiger partial charge in [-0.1, -0.05) is 0 Å². The molecule has 25 heavy (non-hydrogen) atoms. The summed E-state index contributed by atoms with van der Waals surface area (Å²) in [6, 6.07) is 4.18. The van der Waals surface area contributed by atoms with Gasteiger partial charge in [0.25, 0.3) is 5.91 Å². The number of benzene rings is 1. The molecule has 3 rings (SSSR count). The molecule has 2 heterocycles. The molecule has 136 valence electrons. The number of hydrogen-bond donors (Lipinski definition) is 1. The molecule has 0 bridgehead atoms. The summed E-state index contributed by atoms with van der Waals surface area (Å²) in [4.78, 5) is 28.1. The Labute approximate surface area is 141 Å². The number of aromatic amines is 1. The molecule has 0 spiro atoms. The number of hydrogen-bond acceptors (Lipinski definition) is 3. The summed E-state index contributed by atoms with van der Waals surface area (Å²) >= 11 is 0. The van der Waals surface area contributed by atoms with Crippen molar-refractivity contribution in [2.75, 3.05) is 20.2 Å². The van der Waals surface area contributed by atoms with E-state index in [0.29, 0.717) is 23.3 Å². The van der Waals surface area contributed by atoms with E-state index in [4.69, 9.17) is 4.74 Å². The first-order chi connectivity index (χ1) is 11.7. The average molecular weight is 357 g/mol. The number of amides is 1. The Hall–Kier alpha value is -2.29. The predicted octanol–water partition coefficient (Wildman–Crippen LogP) is 2.14. The fraction of sp³-hybridized carbons (Fsp3) is 0.500. The van der Waals surface area contributed by atoms with Crippen LogP contribution >= 0.6 is 0 Å². The summed E-state index contributed by atoms with van der Waals surface area (Å²) in [6.07, 6.45) is -2.64. The van der Waals surface area contributed by atoms with E-state index < -0.39 is 18.4 Å². The second-order valence-corrected chi connectivity index (χ2v) is 6.18. The van der Waals surface area contributed by atoms with Gasteiger partial charge >= 0.3 is 11.9 Å². The van der Waals surface area contributed by atoms with Crippen molar-refractivity contribution in [2.24, 2.45) is 0 Å². The molecule has 1 saturated heterocycles. The number of halogens is 3.